The molecule has 2 N–H and O–H groups in total. The van der Waals surface area contributed by atoms with Crippen molar-refractivity contribution in [2.24, 2.45) is 11.8 Å². The first kappa shape index (κ1) is 11.9. The number of nitrogens with one attached hydrogen (secondary N) is 2. The fourth-order valence-corrected chi connectivity index (χ4v) is 2.96. The lowest BCUT2D eigenvalue weighted by molar-refractivity contribution is -0.123. The normalized spacial score (nSPS) is 34.9. The summed E-state index contributed by atoms with van der Waals surface area (Å²) in [5.41, 5.74) is 0. The predicted octanol–water partition coefficient (Wildman–Crippen LogP) is 1.68. The molecule has 0 aromatic carbocycles. The third-order valence-corrected chi connectivity index (χ3v) is 4.20. The van der Waals surface area contributed by atoms with E-state index in [0.29, 0.717) is 5.92 Å². The topological polar surface area (TPSA) is 41.1 Å². The van der Waals surface area contributed by atoms with Crippen LogP contribution >= 0.6 is 0 Å². The molecule has 3 heteroatoms. The summed E-state index contributed by atoms with van der Waals surface area (Å²) in [5.74, 6) is 1.73. The van der Waals surface area contributed by atoms with Crippen LogP contribution < -0.4 is 10.6 Å². The summed E-state index contributed by atoms with van der Waals surface area (Å²) in [5, 5.41) is 6.42. The maximum Gasteiger partial charge on any atom is 0.237 e. The Balaban J connectivity index is 1.70. The summed E-state index contributed by atoms with van der Waals surface area (Å²) in [4.78, 5) is 11.9. The standard InChI is InChI=1S/C13H24N2O/c1-10-5-4-6-11(10)9-15-13(16)12-7-2-3-8-14-12/h10-12,14H,2-9H2,1H3,(H,15,16)/t10?,11?,12-/m1/s1. The monoisotopic (exact) mass is 224 g/mol. The molecule has 2 rings (SSSR count). The van der Waals surface area contributed by atoms with Gasteiger partial charge in [0.2, 0.25) is 5.91 Å². The molecule has 1 amide bonds. The van der Waals surface area contributed by atoms with Crippen molar-refractivity contribution in [3.8, 4) is 0 Å². The first-order valence-corrected chi connectivity index (χ1v) is 6.78. The van der Waals surface area contributed by atoms with Crippen molar-refractivity contribution < 1.29 is 4.79 Å². The minimum atomic E-state index is 0.0745. The molecule has 1 aliphatic carbocycles. The molecule has 0 aromatic heterocycles. The van der Waals surface area contributed by atoms with Crippen molar-refractivity contribution in [2.75, 3.05) is 13.1 Å². The SMILES string of the molecule is CC1CCCC1CNC(=O)[C@H]1CCCCN1. The van der Waals surface area contributed by atoms with E-state index in [9.17, 15) is 4.79 Å². The second-order valence-corrected chi connectivity index (χ2v) is 5.42. The van der Waals surface area contributed by atoms with Gasteiger partial charge >= 0.3 is 0 Å². The van der Waals surface area contributed by atoms with Gasteiger partial charge in [0.15, 0.2) is 0 Å². The number of piperidine rings is 1. The Morgan fingerprint density at radius 2 is 2.12 bits per heavy atom. The second-order valence-electron chi connectivity index (χ2n) is 5.42. The maximum atomic E-state index is 11.9. The van der Waals surface area contributed by atoms with Gasteiger partial charge in [0, 0.05) is 6.54 Å². The first-order valence-electron chi connectivity index (χ1n) is 6.78. The zero-order valence-electron chi connectivity index (χ0n) is 10.3. The number of carbonyl (C=O) groups excluding carboxylic acids is 1. The Kier molecular flexibility index (Phi) is 4.22. The first-order chi connectivity index (χ1) is 7.77. The summed E-state index contributed by atoms with van der Waals surface area (Å²) in [6.45, 7) is 4.19. The Hall–Kier alpha value is -0.570. The summed E-state index contributed by atoms with van der Waals surface area (Å²) >= 11 is 0. The summed E-state index contributed by atoms with van der Waals surface area (Å²) < 4.78 is 0. The third kappa shape index (κ3) is 2.97. The van der Waals surface area contributed by atoms with Gasteiger partial charge in [-0.25, -0.2) is 0 Å². The van der Waals surface area contributed by atoms with E-state index >= 15 is 0 Å². The number of carbonyl (C=O) groups is 1. The van der Waals surface area contributed by atoms with Crippen LogP contribution in [0.2, 0.25) is 0 Å². The van der Waals surface area contributed by atoms with Crippen molar-refractivity contribution in [3.05, 3.63) is 0 Å². The smallest absolute Gasteiger partial charge is 0.237 e. The summed E-state index contributed by atoms with van der Waals surface area (Å²) in [6, 6.07) is 0.0745. The quantitative estimate of drug-likeness (QED) is 0.766. The average molecular weight is 224 g/mol. The number of hydrogen-bond donors (Lipinski definition) is 2. The fourth-order valence-electron chi connectivity index (χ4n) is 2.96. The fraction of sp³-hybridized carbons (Fsp3) is 0.923. The lowest BCUT2D eigenvalue weighted by Gasteiger charge is -2.24. The van der Waals surface area contributed by atoms with Gasteiger partial charge in [0.25, 0.3) is 0 Å². The van der Waals surface area contributed by atoms with Crippen molar-refractivity contribution in [3.63, 3.8) is 0 Å². The number of amides is 1. The average Bonchev–Trinajstić information content (AvgIpc) is 2.73. The van der Waals surface area contributed by atoms with Crippen LogP contribution in [0.4, 0.5) is 0 Å². The van der Waals surface area contributed by atoms with Gasteiger partial charge in [-0.05, 0) is 37.6 Å². The molecule has 0 spiro atoms. The van der Waals surface area contributed by atoms with Crippen LogP contribution in [-0.4, -0.2) is 25.0 Å². The van der Waals surface area contributed by atoms with Gasteiger partial charge in [-0.15, -0.1) is 0 Å². The van der Waals surface area contributed by atoms with Crippen molar-refractivity contribution in [1.82, 2.24) is 10.6 Å². The highest BCUT2D eigenvalue weighted by Crippen LogP contribution is 2.30. The largest absolute Gasteiger partial charge is 0.354 e. The molecule has 2 aliphatic rings. The van der Waals surface area contributed by atoms with Gasteiger partial charge < -0.3 is 10.6 Å². The van der Waals surface area contributed by atoms with Crippen LogP contribution in [0.5, 0.6) is 0 Å². The highest BCUT2D eigenvalue weighted by Gasteiger charge is 2.25. The zero-order chi connectivity index (χ0) is 11.4. The molecule has 1 heterocycles. The van der Waals surface area contributed by atoms with Crippen LogP contribution in [-0.2, 0) is 4.79 Å². The van der Waals surface area contributed by atoms with Crippen molar-refractivity contribution >= 4 is 5.91 Å². The summed E-state index contributed by atoms with van der Waals surface area (Å²) in [6.07, 6.45) is 7.37. The highest BCUT2D eigenvalue weighted by molar-refractivity contribution is 5.81. The Bertz CT molecular complexity index is 236. The van der Waals surface area contributed by atoms with E-state index in [1.165, 1.54) is 32.1 Å². The molecule has 3 atom stereocenters. The van der Waals surface area contributed by atoms with Crippen LogP contribution in [0.25, 0.3) is 0 Å². The highest BCUT2D eigenvalue weighted by atomic mass is 16.2. The van der Waals surface area contributed by atoms with E-state index in [0.717, 1.165) is 25.4 Å². The van der Waals surface area contributed by atoms with Crippen molar-refractivity contribution in [1.29, 1.82) is 0 Å². The minimum Gasteiger partial charge on any atom is -0.354 e. The van der Waals surface area contributed by atoms with Crippen LogP contribution in [0.15, 0.2) is 0 Å². The molecule has 1 saturated heterocycles. The predicted molar refractivity (Wildman–Crippen MR) is 65.2 cm³/mol. The van der Waals surface area contributed by atoms with E-state index in [-0.39, 0.29) is 11.9 Å². The van der Waals surface area contributed by atoms with Crippen molar-refractivity contribution in [2.45, 2.75) is 51.5 Å². The lowest BCUT2D eigenvalue weighted by atomic mass is 9.98. The molecule has 2 unspecified atom stereocenters. The molecule has 1 aliphatic heterocycles. The van der Waals surface area contributed by atoms with E-state index in [1.54, 1.807) is 0 Å². The Morgan fingerprint density at radius 1 is 1.25 bits per heavy atom. The third-order valence-electron chi connectivity index (χ3n) is 4.20. The van der Waals surface area contributed by atoms with Crippen LogP contribution in [0.3, 0.4) is 0 Å². The van der Waals surface area contributed by atoms with E-state index in [2.05, 4.69) is 17.6 Å². The molecule has 2 fully saturated rings. The van der Waals surface area contributed by atoms with Gasteiger partial charge in [0.05, 0.1) is 6.04 Å². The molecular weight excluding hydrogens is 200 g/mol. The molecule has 0 radical (unpaired) electrons. The van der Waals surface area contributed by atoms with Gasteiger partial charge in [0.1, 0.15) is 0 Å². The molecule has 1 saturated carbocycles. The van der Waals surface area contributed by atoms with Gasteiger partial charge in [-0.3, -0.25) is 4.79 Å². The number of hydrogen-bond acceptors (Lipinski definition) is 2. The maximum absolute atomic E-state index is 11.9. The molecule has 0 aromatic rings. The van der Waals surface area contributed by atoms with E-state index < -0.39 is 0 Å². The van der Waals surface area contributed by atoms with E-state index in [1.807, 2.05) is 0 Å². The van der Waals surface area contributed by atoms with Crippen LogP contribution in [0, 0.1) is 11.8 Å². The molecule has 16 heavy (non-hydrogen) atoms. The van der Waals surface area contributed by atoms with E-state index in [4.69, 9.17) is 0 Å². The summed E-state index contributed by atoms with van der Waals surface area (Å²) in [7, 11) is 0. The molecule has 3 nitrogen and oxygen atoms in total. The lowest BCUT2D eigenvalue weighted by Crippen LogP contribution is -2.47. The Morgan fingerprint density at radius 3 is 2.75 bits per heavy atom. The van der Waals surface area contributed by atoms with Crippen LogP contribution in [0.1, 0.15) is 45.4 Å². The van der Waals surface area contributed by atoms with Gasteiger partial charge in [-0.2, -0.15) is 0 Å². The molecule has 92 valence electrons. The second kappa shape index (κ2) is 5.67. The number of rotatable bonds is 3. The molecular formula is C13H24N2O. The zero-order valence-corrected chi connectivity index (χ0v) is 10.3. The Labute approximate surface area is 98.4 Å². The van der Waals surface area contributed by atoms with Gasteiger partial charge in [-0.1, -0.05) is 26.2 Å². The minimum absolute atomic E-state index is 0.0745. The molecule has 0 bridgehead atoms.